The highest BCUT2D eigenvalue weighted by molar-refractivity contribution is 9.10. The number of nitrogens with one attached hydrogen (secondary N) is 1. The predicted octanol–water partition coefficient (Wildman–Crippen LogP) is 3.45. The van der Waals surface area contributed by atoms with Gasteiger partial charge in [0.1, 0.15) is 11.6 Å². The predicted molar refractivity (Wildman–Crippen MR) is 94.7 cm³/mol. The first-order valence-electron chi connectivity index (χ1n) is 8.39. The number of ether oxygens (including phenoxy) is 2. The highest BCUT2D eigenvalue weighted by Gasteiger charge is 2.28. The normalized spacial score (nSPS) is 23.0. The van der Waals surface area contributed by atoms with E-state index in [1.54, 1.807) is 0 Å². The van der Waals surface area contributed by atoms with E-state index < -0.39 is 11.8 Å². The third kappa shape index (κ3) is 5.99. The lowest BCUT2D eigenvalue weighted by molar-refractivity contribution is -0.150. The van der Waals surface area contributed by atoms with Gasteiger partial charge in [-0.25, -0.2) is 9.18 Å². The van der Waals surface area contributed by atoms with Gasteiger partial charge in [-0.15, -0.1) is 0 Å². The smallest absolute Gasteiger partial charge is 0.344 e. The molecule has 2 rings (SSSR count). The van der Waals surface area contributed by atoms with Gasteiger partial charge in [-0.1, -0.05) is 26.7 Å². The fourth-order valence-electron chi connectivity index (χ4n) is 2.95. The van der Waals surface area contributed by atoms with E-state index in [4.69, 9.17) is 9.47 Å². The molecule has 1 N–H and O–H groups in total. The van der Waals surface area contributed by atoms with Gasteiger partial charge in [0, 0.05) is 6.04 Å². The molecule has 5 nitrogen and oxygen atoms in total. The molecule has 0 heterocycles. The van der Waals surface area contributed by atoms with Gasteiger partial charge in [-0.3, -0.25) is 4.79 Å². The summed E-state index contributed by atoms with van der Waals surface area (Å²) >= 11 is 3.14. The van der Waals surface area contributed by atoms with Crippen LogP contribution in [0.25, 0.3) is 0 Å². The van der Waals surface area contributed by atoms with Crippen molar-refractivity contribution in [1.82, 2.24) is 5.32 Å². The first kappa shape index (κ1) is 19.7. The minimum Gasteiger partial charge on any atom is -0.481 e. The monoisotopic (exact) mass is 415 g/mol. The molecule has 1 aliphatic rings. The van der Waals surface area contributed by atoms with E-state index >= 15 is 0 Å². The minimum atomic E-state index is -0.656. The Kier molecular flexibility index (Phi) is 7.23. The Labute approximate surface area is 155 Å². The maximum atomic E-state index is 13.0. The van der Waals surface area contributed by atoms with E-state index in [-0.39, 0.29) is 25.2 Å². The van der Waals surface area contributed by atoms with Crippen LogP contribution in [0.3, 0.4) is 0 Å². The first-order chi connectivity index (χ1) is 11.9. The summed E-state index contributed by atoms with van der Waals surface area (Å²) in [5.74, 6) is -0.0621. The molecular formula is C18H23BrFNO4. The van der Waals surface area contributed by atoms with E-state index in [1.165, 1.54) is 24.6 Å². The average Bonchev–Trinajstić information content (AvgIpc) is 2.56. The Morgan fingerprint density at radius 2 is 2.04 bits per heavy atom. The first-order valence-corrected chi connectivity index (χ1v) is 9.19. The number of carbonyl (C=O) groups is 2. The third-order valence-electron chi connectivity index (χ3n) is 4.66. The molecule has 1 aliphatic carbocycles. The van der Waals surface area contributed by atoms with Crippen LogP contribution >= 0.6 is 15.9 Å². The van der Waals surface area contributed by atoms with Crippen LogP contribution in [0.1, 0.15) is 33.1 Å². The summed E-state index contributed by atoms with van der Waals surface area (Å²) in [5, 5.41) is 2.94. The van der Waals surface area contributed by atoms with Crippen LogP contribution < -0.4 is 10.1 Å². The second kappa shape index (κ2) is 9.17. The zero-order valence-electron chi connectivity index (χ0n) is 14.4. The fourth-order valence-corrected chi connectivity index (χ4v) is 3.42. The van der Waals surface area contributed by atoms with Crippen LogP contribution in [0, 0.1) is 17.7 Å². The summed E-state index contributed by atoms with van der Waals surface area (Å²) in [5.41, 5.74) is 0. The topological polar surface area (TPSA) is 64.6 Å². The summed E-state index contributed by atoms with van der Waals surface area (Å²) in [6.07, 6.45) is 3.22. The highest BCUT2D eigenvalue weighted by Crippen LogP contribution is 2.29. The Balaban J connectivity index is 1.71. The lowest BCUT2D eigenvalue weighted by Gasteiger charge is -2.34. The van der Waals surface area contributed by atoms with Crippen molar-refractivity contribution in [3.8, 4) is 5.75 Å². The van der Waals surface area contributed by atoms with Crippen molar-refractivity contribution in [3.63, 3.8) is 0 Å². The molecular weight excluding hydrogens is 393 g/mol. The Hall–Kier alpha value is -1.63. The number of amides is 1. The van der Waals surface area contributed by atoms with E-state index in [0.717, 1.165) is 12.8 Å². The van der Waals surface area contributed by atoms with Crippen molar-refractivity contribution in [3.05, 3.63) is 28.5 Å². The summed E-state index contributed by atoms with van der Waals surface area (Å²) in [6.45, 7) is 3.64. The van der Waals surface area contributed by atoms with E-state index in [9.17, 15) is 14.0 Å². The molecule has 0 unspecified atom stereocenters. The summed E-state index contributed by atoms with van der Waals surface area (Å²) in [7, 11) is 0. The van der Waals surface area contributed by atoms with Crippen LogP contribution in [-0.2, 0) is 14.3 Å². The van der Waals surface area contributed by atoms with Gasteiger partial charge in [0.2, 0.25) is 0 Å². The molecule has 0 aromatic heterocycles. The number of carbonyl (C=O) groups excluding carboxylic acids is 2. The van der Waals surface area contributed by atoms with Crippen molar-refractivity contribution in [2.45, 2.75) is 39.2 Å². The van der Waals surface area contributed by atoms with Gasteiger partial charge in [0.25, 0.3) is 5.91 Å². The molecule has 25 heavy (non-hydrogen) atoms. The Morgan fingerprint density at radius 3 is 2.76 bits per heavy atom. The van der Waals surface area contributed by atoms with Gasteiger partial charge in [-0.05, 0) is 52.4 Å². The SMILES string of the molecule is C[C@@H]1[C@H](C)CCC[C@H]1NC(=O)COC(=O)COc1ccc(F)cc1Br. The summed E-state index contributed by atoms with van der Waals surface area (Å²) < 4.78 is 23.6. The van der Waals surface area contributed by atoms with Gasteiger partial charge >= 0.3 is 5.97 Å². The molecule has 1 amide bonds. The van der Waals surface area contributed by atoms with Gasteiger partial charge in [-0.2, -0.15) is 0 Å². The van der Waals surface area contributed by atoms with Crippen molar-refractivity contribution in [1.29, 1.82) is 0 Å². The zero-order chi connectivity index (χ0) is 18.4. The molecule has 1 fully saturated rings. The standard InChI is InChI=1S/C18H23BrFNO4/c1-11-4-3-5-15(12(11)2)21-17(22)9-25-18(23)10-24-16-7-6-13(20)8-14(16)19/h6-8,11-12,15H,3-5,9-10H2,1-2H3,(H,21,22)/t11-,12-,15-/m1/s1. The van der Waals surface area contributed by atoms with Crippen molar-refractivity contribution in [2.24, 2.45) is 11.8 Å². The molecule has 138 valence electrons. The number of rotatable bonds is 6. The molecule has 3 atom stereocenters. The third-order valence-corrected chi connectivity index (χ3v) is 5.28. The van der Waals surface area contributed by atoms with E-state index in [1.807, 2.05) is 0 Å². The average molecular weight is 416 g/mol. The molecule has 0 radical (unpaired) electrons. The number of esters is 1. The lowest BCUT2D eigenvalue weighted by atomic mass is 9.78. The second-order valence-electron chi connectivity index (χ2n) is 6.47. The van der Waals surface area contributed by atoms with Crippen molar-refractivity contribution >= 4 is 27.8 Å². The molecule has 1 aromatic carbocycles. The quantitative estimate of drug-likeness (QED) is 0.722. The zero-order valence-corrected chi connectivity index (χ0v) is 16.0. The molecule has 1 saturated carbocycles. The van der Waals surface area contributed by atoms with Crippen molar-refractivity contribution < 1.29 is 23.5 Å². The van der Waals surface area contributed by atoms with Gasteiger partial charge < -0.3 is 14.8 Å². The van der Waals surface area contributed by atoms with Gasteiger partial charge in [0.15, 0.2) is 13.2 Å². The van der Waals surface area contributed by atoms with Crippen LogP contribution in [-0.4, -0.2) is 31.1 Å². The molecule has 1 aromatic rings. The van der Waals surface area contributed by atoms with E-state index in [0.29, 0.717) is 22.1 Å². The number of benzene rings is 1. The molecule has 0 bridgehead atoms. The number of hydrogen-bond acceptors (Lipinski definition) is 4. The highest BCUT2D eigenvalue weighted by atomic mass is 79.9. The maximum absolute atomic E-state index is 13.0. The molecule has 7 heteroatoms. The number of halogens is 2. The van der Waals surface area contributed by atoms with Crippen LogP contribution in [0.15, 0.2) is 22.7 Å². The van der Waals surface area contributed by atoms with Crippen LogP contribution in [0.2, 0.25) is 0 Å². The maximum Gasteiger partial charge on any atom is 0.344 e. The lowest BCUT2D eigenvalue weighted by Crippen LogP contribution is -2.45. The minimum absolute atomic E-state index is 0.126. The second-order valence-corrected chi connectivity index (χ2v) is 7.32. The Morgan fingerprint density at radius 1 is 1.28 bits per heavy atom. The Bertz CT molecular complexity index is 625. The van der Waals surface area contributed by atoms with Crippen LogP contribution in [0.5, 0.6) is 5.75 Å². The van der Waals surface area contributed by atoms with Crippen molar-refractivity contribution in [2.75, 3.05) is 13.2 Å². The van der Waals surface area contributed by atoms with Gasteiger partial charge in [0.05, 0.1) is 4.47 Å². The fraction of sp³-hybridized carbons (Fsp3) is 0.556. The van der Waals surface area contributed by atoms with Crippen LogP contribution in [0.4, 0.5) is 4.39 Å². The summed E-state index contributed by atoms with van der Waals surface area (Å²) in [4.78, 5) is 23.6. The number of hydrogen-bond donors (Lipinski definition) is 1. The summed E-state index contributed by atoms with van der Waals surface area (Å²) in [6, 6.07) is 4.00. The largest absolute Gasteiger partial charge is 0.481 e. The van der Waals surface area contributed by atoms with E-state index in [2.05, 4.69) is 35.1 Å². The molecule has 0 aliphatic heterocycles. The molecule has 0 spiro atoms. The molecule has 0 saturated heterocycles.